The van der Waals surface area contributed by atoms with Crippen molar-refractivity contribution in [2.75, 3.05) is 0 Å². The van der Waals surface area contributed by atoms with Gasteiger partial charge in [-0.15, -0.1) is 0 Å². The van der Waals surface area contributed by atoms with Crippen molar-refractivity contribution in [3.05, 3.63) is 0 Å². The summed E-state index contributed by atoms with van der Waals surface area (Å²) in [4.78, 5) is 30.0. The van der Waals surface area contributed by atoms with E-state index in [2.05, 4.69) is 0 Å². The number of aliphatic carboxylic acids is 3. The SMILES string of the molecule is O.O.O=C([O-])CC(O)(CC(=O)[O-])C(=O)[O-].[Na+].[Na+].[Na+].[Na+].[OH-]. The fourth-order valence-electron chi connectivity index (χ4n) is 0.684. The van der Waals surface area contributed by atoms with Crippen molar-refractivity contribution in [3.8, 4) is 0 Å². The minimum Gasteiger partial charge on any atom is -0.870 e. The first-order chi connectivity index (χ1) is 5.78. The predicted octanol–water partition coefficient (Wildman–Crippen LogP) is -19.1. The molecule has 0 unspecified atom stereocenters. The predicted molar refractivity (Wildman–Crippen MR) is 38.4 cm³/mol. The van der Waals surface area contributed by atoms with Crippen LogP contribution in [0.4, 0.5) is 0 Å². The van der Waals surface area contributed by atoms with Crippen molar-refractivity contribution in [1.82, 2.24) is 0 Å². The topological polar surface area (TPSA) is 234 Å². The summed E-state index contributed by atoms with van der Waals surface area (Å²) in [6.45, 7) is 0. The number of aliphatic hydroxyl groups is 1. The maximum atomic E-state index is 10.1. The Morgan fingerprint density at radius 1 is 0.800 bits per heavy atom. The molecule has 6 N–H and O–H groups in total. The van der Waals surface area contributed by atoms with E-state index in [9.17, 15) is 29.7 Å². The van der Waals surface area contributed by atoms with Gasteiger partial charge in [0.15, 0.2) is 0 Å². The summed E-state index contributed by atoms with van der Waals surface area (Å²) in [6.07, 6.45) is -2.72. The molecule has 98 valence electrons. The third-order valence-corrected chi connectivity index (χ3v) is 1.25. The number of rotatable bonds is 5. The zero-order chi connectivity index (χ0) is 10.6. The summed E-state index contributed by atoms with van der Waals surface area (Å²) in [5, 5.41) is 38.9. The van der Waals surface area contributed by atoms with Gasteiger partial charge >= 0.3 is 118 Å². The number of carbonyl (C=O) groups is 3. The minimum atomic E-state index is -2.97. The molecule has 0 saturated heterocycles. The second-order valence-electron chi connectivity index (χ2n) is 2.42. The molecule has 0 radical (unpaired) electrons. The number of carboxylic acid groups (broad SMARTS) is 3. The van der Waals surface area contributed by atoms with Gasteiger partial charge in [0.1, 0.15) is 5.60 Å². The molecule has 0 saturated carbocycles. The second-order valence-corrected chi connectivity index (χ2v) is 2.42. The van der Waals surface area contributed by atoms with Crippen LogP contribution in [0, 0.1) is 0 Å². The van der Waals surface area contributed by atoms with Crippen LogP contribution in [0.5, 0.6) is 0 Å². The van der Waals surface area contributed by atoms with Gasteiger partial charge in [0.05, 0.1) is 5.97 Å². The Morgan fingerprint density at radius 3 is 1.10 bits per heavy atom. The van der Waals surface area contributed by atoms with Gasteiger partial charge in [0.25, 0.3) is 0 Å². The normalized spacial score (nSPS) is 7.05. The van der Waals surface area contributed by atoms with Crippen LogP contribution in [-0.4, -0.2) is 45.0 Å². The fourth-order valence-corrected chi connectivity index (χ4v) is 0.684. The van der Waals surface area contributed by atoms with E-state index in [0.717, 1.165) is 0 Å². The molecule has 0 aromatic rings. The smallest absolute Gasteiger partial charge is 0.870 e. The van der Waals surface area contributed by atoms with Crippen LogP contribution in [0.3, 0.4) is 0 Å². The molecular weight excluding hydrogens is 324 g/mol. The molecule has 0 fully saturated rings. The molecule has 0 aromatic heterocycles. The van der Waals surface area contributed by atoms with Crippen molar-refractivity contribution < 1.29 is 169 Å². The van der Waals surface area contributed by atoms with Gasteiger partial charge in [0.2, 0.25) is 0 Å². The van der Waals surface area contributed by atoms with E-state index in [1.807, 2.05) is 0 Å². The Kier molecular flexibility index (Phi) is 58.2. The molecule has 10 nitrogen and oxygen atoms in total. The molecule has 0 aromatic carbocycles. The standard InChI is InChI=1S/C6H8O7.4Na.3H2O/c7-3(8)1-6(13,5(11)12)2-4(9)10;;;;;;;/h13H,1-2H2,(H,7,8)(H,9,10)(H,11,12);;;;;3*1H2/q;4*+1;;;/p-4. The minimum absolute atomic E-state index is 0. The summed E-state index contributed by atoms with van der Waals surface area (Å²) in [7, 11) is 0. The number of hydrogen-bond donors (Lipinski definition) is 1. The van der Waals surface area contributed by atoms with Crippen LogP contribution >= 0.6 is 0 Å². The van der Waals surface area contributed by atoms with Crippen molar-refractivity contribution in [2.24, 2.45) is 0 Å². The Morgan fingerprint density at radius 2 is 1.00 bits per heavy atom. The van der Waals surface area contributed by atoms with Gasteiger partial charge in [-0.1, -0.05) is 0 Å². The molecule has 0 amide bonds. The molecule has 0 spiro atoms. The van der Waals surface area contributed by atoms with Gasteiger partial charge in [-0.3, -0.25) is 0 Å². The van der Waals surface area contributed by atoms with Crippen molar-refractivity contribution in [1.29, 1.82) is 0 Å². The molecule has 0 atom stereocenters. The molecular formula is C6H10Na4O10. The van der Waals surface area contributed by atoms with Crippen molar-refractivity contribution >= 4 is 17.9 Å². The van der Waals surface area contributed by atoms with E-state index in [-0.39, 0.29) is 135 Å². The van der Waals surface area contributed by atoms with E-state index in [0.29, 0.717) is 0 Å². The summed E-state index contributed by atoms with van der Waals surface area (Å²) in [6, 6.07) is 0. The summed E-state index contributed by atoms with van der Waals surface area (Å²) in [5.74, 6) is -5.98. The van der Waals surface area contributed by atoms with Gasteiger partial charge in [-0.05, 0) is 0 Å². The van der Waals surface area contributed by atoms with Crippen LogP contribution in [0.25, 0.3) is 0 Å². The van der Waals surface area contributed by atoms with Gasteiger partial charge in [0, 0.05) is 24.8 Å². The quantitative estimate of drug-likeness (QED) is 0.472. The van der Waals surface area contributed by atoms with E-state index in [1.54, 1.807) is 0 Å². The zero-order valence-corrected chi connectivity index (χ0v) is 19.8. The molecule has 20 heavy (non-hydrogen) atoms. The summed E-state index contributed by atoms with van der Waals surface area (Å²) in [5.41, 5.74) is -2.97. The average molecular weight is 334 g/mol. The van der Waals surface area contributed by atoms with Crippen LogP contribution < -0.4 is 134 Å². The van der Waals surface area contributed by atoms with E-state index in [1.165, 1.54) is 0 Å². The van der Waals surface area contributed by atoms with Gasteiger partial charge in [-0.25, -0.2) is 0 Å². The van der Waals surface area contributed by atoms with Crippen LogP contribution in [0.2, 0.25) is 0 Å². The molecule has 0 rings (SSSR count). The van der Waals surface area contributed by atoms with Gasteiger partial charge in [-0.2, -0.15) is 0 Å². The third kappa shape index (κ3) is 22.5. The Hall–Kier alpha value is 2.25. The van der Waals surface area contributed by atoms with Gasteiger partial charge < -0.3 is 51.2 Å². The number of carbonyl (C=O) groups excluding carboxylic acids is 3. The van der Waals surface area contributed by atoms with Crippen LogP contribution in [0.15, 0.2) is 0 Å². The average Bonchev–Trinajstić information content (AvgIpc) is 1.82. The fraction of sp³-hybridized carbons (Fsp3) is 0.500. The van der Waals surface area contributed by atoms with E-state index >= 15 is 0 Å². The van der Waals surface area contributed by atoms with Crippen molar-refractivity contribution in [3.63, 3.8) is 0 Å². The zero-order valence-electron chi connectivity index (χ0n) is 11.8. The first-order valence-electron chi connectivity index (χ1n) is 3.11. The maximum Gasteiger partial charge on any atom is 1.00 e. The largest absolute Gasteiger partial charge is 1.00 e. The maximum absolute atomic E-state index is 10.1. The third-order valence-electron chi connectivity index (χ3n) is 1.25. The molecule has 0 aliphatic heterocycles. The Bertz CT molecular complexity index is 244. The molecule has 14 heteroatoms. The van der Waals surface area contributed by atoms with Crippen LogP contribution in [0.1, 0.15) is 12.8 Å². The van der Waals surface area contributed by atoms with E-state index in [4.69, 9.17) is 5.11 Å². The summed E-state index contributed by atoms with van der Waals surface area (Å²) >= 11 is 0. The first kappa shape index (κ1) is 49.5. The molecule has 0 aliphatic carbocycles. The first-order valence-corrected chi connectivity index (χ1v) is 3.11. The number of hydrogen-bond acceptors (Lipinski definition) is 8. The van der Waals surface area contributed by atoms with Crippen molar-refractivity contribution in [2.45, 2.75) is 18.4 Å². The molecule has 0 aliphatic rings. The second kappa shape index (κ2) is 23.5. The Balaban J connectivity index is -0.0000000343. The number of carboxylic acids is 3. The molecule has 0 bridgehead atoms. The van der Waals surface area contributed by atoms with Crippen LogP contribution in [-0.2, 0) is 14.4 Å². The summed E-state index contributed by atoms with van der Waals surface area (Å²) < 4.78 is 0. The molecule has 0 heterocycles. The monoisotopic (exact) mass is 334 g/mol. The van der Waals surface area contributed by atoms with E-state index < -0.39 is 36.4 Å². The Labute approximate surface area is 202 Å².